The molecule has 1 aliphatic heterocycles. The molecular weight excluding hydrogens is 154 g/mol. The highest BCUT2D eigenvalue weighted by Crippen LogP contribution is 2.26. The van der Waals surface area contributed by atoms with Crippen molar-refractivity contribution in [2.75, 3.05) is 40.5 Å². The van der Waals surface area contributed by atoms with E-state index >= 15 is 0 Å². The Bertz CT molecular complexity index is 94.7. The van der Waals surface area contributed by atoms with Gasteiger partial charge in [0.2, 0.25) is 0 Å². The SMILES string of the molecule is CC.CNCC1(COC)COC1. The fourth-order valence-electron chi connectivity index (χ4n) is 1.31. The molecule has 74 valence electrons. The third kappa shape index (κ3) is 3.09. The van der Waals surface area contributed by atoms with Crippen molar-refractivity contribution in [3.05, 3.63) is 0 Å². The quantitative estimate of drug-likeness (QED) is 0.688. The van der Waals surface area contributed by atoms with Gasteiger partial charge in [0, 0.05) is 13.7 Å². The Morgan fingerprint density at radius 3 is 2.25 bits per heavy atom. The van der Waals surface area contributed by atoms with Gasteiger partial charge in [-0.05, 0) is 7.05 Å². The number of nitrogens with one attached hydrogen (secondary N) is 1. The zero-order valence-corrected chi connectivity index (χ0v) is 8.64. The van der Waals surface area contributed by atoms with Crippen LogP contribution in [0.15, 0.2) is 0 Å². The first kappa shape index (κ1) is 11.9. The van der Waals surface area contributed by atoms with Crippen LogP contribution in [0.5, 0.6) is 0 Å². The zero-order valence-electron chi connectivity index (χ0n) is 8.64. The lowest BCUT2D eigenvalue weighted by Crippen LogP contribution is -2.52. The summed E-state index contributed by atoms with van der Waals surface area (Å²) in [7, 11) is 3.69. The van der Waals surface area contributed by atoms with Crippen LogP contribution in [0.3, 0.4) is 0 Å². The third-order valence-corrected chi connectivity index (χ3v) is 1.82. The topological polar surface area (TPSA) is 30.5 Å². The molecule has 3 heteroatoms. The highest BCUT2D eigenvalue weighted by molar-refractivity contribution is 4.86. The fraction of sp³-hybridized carbons (Fsp3) is 1.00. The first-order valence-corrected chi connectivity index (χ1v) is 4.54. The lowest BCUT2D eigenvalue weighted by Gasteiger charge is -2.40. The molecule has 0 amide bonds. The van der Waals surface area contributed by atoms with E-state index in [0.29, 0.717) is 0 Å². The molecule has 0 saturated carbocycles. The number of hydrogen-bond donors (Lipinski definition) is 1. The van der Waals surface area contributed by atoms with Crippen molar-refractivity contribution in [1.82, 2.24) is 5.32 Å². The molecule has 0 bridgehead atoms. The van der Waals surface area contributed by atoms with Crippen LogP contribution in [0.2, 0.25) is 0 Å². The van der Waals surface area contributed by atoms with E-state index in [9.17, 15) is 0 Å². The molecule has 1 N–H and O–H groups in total. The molecular formula is C9H21NO2. The molecule has 0 radical (unpaired) electrons. The Kier molecular flexibility index (Phi) is 6.34. The summed E-state index contributed by atoms with van der Waals surface area (Å²) < 4.78 is 10.2. The molecule has 3 nitrogen and oxygen atoms in total. The van der Waals surface area contributed by atoms with Gasteiger partial charge < -0.3 is 14.8 Å². The first-order chi connectivity index (χ1) is 5.83. The van der Waals surface area contributed by atoms with Crippen molar-refractivity contribution in [2.45, 2.75) is 13.8 Å². The summed E-state index contributed by atoms with van der Waals surface area (Å²) in [6.45, 7) is 7.46. The summed E-state index contributed by atoms with van der Waals surface area (Å²) in [5, 5.41) is 3.14. The van der Waals surface area contributed by atoms with Gasteiger partial charge in [-0.1, -0.05) is 13.8 Å². The summed E-state index contributed by atoms with van der Waals surface area (Å²) in [6, 6.07) is 0. The van der Waals surface area contributed by atoms with Crippen LogP contribution in [0.4, 0.5) is 0 Å². The van der Waals surface area contributed by atoms with Crippen molar-refractivity contribution in [1.29, 1.82) is 0 Å². The number of hydrogen-bond acceptors (Lipinski definition) is 3. The maximum Gasteiger partial charge on any atom is 0.0579 e. The Balaban J connectivity index is 0.000000561. The number of rotatable bonds is 4. The van der Waals surface area contributed by atoms with E-state index in [1.54, 1.807) is 7.11 Å². The first-order valence-electron chi connectivity index (χ1n) is 4.54. The summed E-state index contributed by atoms with van der Waals surface area (Å²) >= 11 is 0. The average molecular weight is 175 g/mol. The van der Waals surface area contributed by atoms with Crippen molar-refractivity contribution < 1.29 is 9.47 Å². The van der Waals surface area contributed by atoms with Crippen LogP contribution in [0, 0.1) is 5.41 Å². The molecule has 1 fully saturated rings. The molecule has 0 unspecified atom stereocenters. The van der Waals surface area contributed by atoms with Crippen LogP contribution in [-0.2, 0) is 9.47 Å². The van der Waals surface area contributed by atoms with Gasteiger partial charge in [-0.15, -0.1) is 0 Å². The van der Waals surface area contributed by atoms with Crippen molar-refractivity contribution in [3.8, 4) is 0 Å². The second kappa shape index (κ2) is 6.40. The summed E-state index contributed by atoms with van der Waals surface area (Å²) in [5.74, 6) is 0. The predicted molar refractivity (Wildman–Crippen MR) is 50.4 cm³/mol. The van der Waals surface area contributed by atoms with Crippen LogP contribution in [0.25, 0.3) is 0 Å². The van der Waals surface area contributed by atoms with Gasteiger partial charge in [0.15, 0.2) is 0 Å². The monoisotopic (exact) mass is 175 g/mol. The molecule has 0 aromatic rings. The summed E-state index contributed by atoms with van der Waals surface area (Å²) in [4.78, 5) is 0. The molecule has 12 heavy (non-hydrogen) atoms. The fourth-order valence-corrected chi connectivity index (χ4v) is 1.31. The smallest absolute Gasteiger partial charge is 0.0579 e. The van der Waals surface area contributed by atoms with Gasteiger partial charge in [-0.3, -0.25) is 0 Å². The minimum atomic E-state index is 0.267. The van der Waals surface area contributed by atoms with Crippen molar-refractivity contribution in [3.63, 3.8) is 0 Å². The second-order valence-corrected chi connectivity index (χ2v) is 2.96. The Hall–Kier alpha value is -0.120. The zero-order chi connectivity index (χ0) is 9.45. The third-order valence-electron chi connectivity index (χ3n) is 1.82. The average Bonchev–Trinajstić information content (AvgIpc) is 2.05. The minimum absolute atomic E-state index is 0.267. The summed E-state index contributed by atoms with van der Waals surface area (Å²) in [6.07, 6.45) is 0. The Morgan fingerprint density at radius 1 is 1.42 bits per heavy atom. The standard InChI is InChI=1S/C7H15NO2.C2H6/c1-8-3-7(4-9-2)5-10-6-7;1-2/h8H,3-6H2,1-2H3;1-2H3. The maximum absolute atomic E-state index is 5.12. The van der Waals surface area contributed by atoms with E-state index in [4.69, 9.17) is 9.47 Å². The van der Waals surface area contributed by atoms with Gasteiger partial charge in [-0.2, -0.15) is 0 Å². The van der Waals surface area contributed by atoms with Crippen LogP contribution in [-0.4, -0.2) is 40.5 Å². The van der Waals surface area contributed by atoms with Gasteiger partial charge in [0.05, 0.1) is 25.2 Å². The lowest BCUT2D eigenvalue weighted by molar-refractivity contribution is -0.139. The highest BCUT2D eigenvalue weighted by Gasteiger charge is 2.37. The lowest BCUT2D eigenvalue weighted by atomic mass is 9.87. The molecule has 1 aliphatic rings. The van der Waals surface area contributed by atoms with E-state index in [2.05, 4.69) is 5.32 Å². The molecule has 1 saturated heterocycles. The largest absolute Gasteiger partial charge is 0.384 e. The Labute approximate surface area is 75.4 Å². The van der Waals surface area contributed by atoms with Gasteiger partial charge in [0.25, 0.3) is 0 Å². The molecule has 1 rings (SSSR count). The van der Waals surface area contributed by atoms with E-state index in [1.807, 2.05) is 20.9 Å². The van der Waals surface area contributed by atoms with Gasteiger partial charge >= 0.3 is 0 Å². The normalized spacial score (nSPS) is 19.0. The van der Waals surface area contributed by atoms with E-state index in [0.717, 1.165) is 26.4 Å². The maximum atomic E-state index is 5.12. The van der Waals surface area contributed by atoms with Crippen LogP contribution < -0.4 is 5.32 Å². The molecule has 0 aromatic carbocycles. The van der Waals surface area contributed by atoms with Crippen LogP contribution >= 0.6 is 0 Å². The van der Waals surface area contributed by atoms with E-state index in [1.165, 1.54) is 0 Å². The predicted octanol–water partition coefficient (Wildman–Crippen LogP) is 0.895. The molecule has 0 spiro atoms. The van der Waals surface area contributed by atoms with Crippen LogP contribution in [0.1, 0.15) is 13.8 Å². The van der Waals surface area contributed by atoms with E-state index in [-0.39, 0.29) is 5.41 Å². The van der Waals surface area contributed by atoms with Crippen molar-refractivity contribution in [2.24, 2.45) is 5.41 Å². The minimum Gasteiger partial charge on any atom is -0.384 e. The van der Waals surface area contributed by atoms with E-state index < -0.39 is 0 Å². The summed E-state index contributed by atoms with van der Waals surface area (Å²) in [5.41, 5.74) is 0.267. The van der Waals surface area contributed by atoms with Crippen molar-refractivity contribution >= 4 is 0 Å². The Morgan fingerprint density at radius 2 is 2.00 bits per heavy atom. The van der Waals surface area contributed by atoms with Gasteiger partial charge in [-0.25, -0.2) is 0 Å². The molecule has 0 aromatic heterocycles. The second-order valence-electron chi connectivity index (χ2n) is 2.96. The molecule has 1 heterocycles. The molecule has 0 atom stereocenters. The number of methoxy groups -OCH3 is 1. The molecule has 0 aliphatic carbocycles. The highest BCUT2D eigenvalue weighted by atomic mass is 16.5. The number of ether oxygens (including phenoxy) is 2. The van der Waals surface area contributed by atoms with Gasteiger partial charge in [0.1, 0.15) is 0 Å².